The van der Waals surface area contributed by atoms with Crippen LogP contribution in [0.2, 0.25) is 19.0 Å². The number of halogens is 4. The molecule has 2 atom stereocenters. The average Bonchev–Trinajstić information content (AvgIpc) is 3.38. The summed E-state index contributed by atoms with van der Waals surface area (Å²) < 4.78 is 1.28. The summed E-state index contributed by atoms with van der Waals surface area (Å²) in [4.78, 5) is 24.0. The van der Waals surface area contributed by atoms with E-state index in [4.69, 9.17) is 46.4 Å². The number of carbonyl (C=O) groups is 1. The van der Waals surface area contributed by atoms with Crippen molar-refractivity contribution < 1.29 is 4.79 Å². The predicted octanol–water partition coefficient (Wildman–Crippen LogP) is 8.14. The van der Waals surface area contributed by atoms with E-state index in [-0.39, 0.29) is 5.78 Å². The molecule has 0 bridgehead atoms. The molecule has 0 aromatic carbocycles. The van der Waals surface area contributed by atoms with Crippen molar-refractivity contribution in [3.63, 3.8) is 0 Å². The summed E-state index contributed by atoms with van der Waals surface area (Å²) >= 11 is 27.5. The van der Waals surface area contributed by atoms with Crippen molar-refractivity contribution in [2.45, 2.75) is 24.7 Å². The molecule has 0 N–H and O–H groups in total. The van der Waals surface area contributed by atoms with Crippen molar-refractivity contribution in [1.29, 1.82) is 0 Å². The van der Waals surface area contributed by atoms with Gasteiger partial charge in [-0.1, -0.05) is 46.4 Å². The van der Waals surface area contributed by atoms with Crippen LogP contribution < -0.4 is 0 Å². The van der Waals surface area contributed by atoms with Crippen LogP contribution in [-0.2, 0) is 17.6 Å². The number of thiophene rings is 2. The number of hydrogen-bond donors (Lipinski definition) is 0. The lowest BCUT2D eigenvalue weighted by Crippen LogP contribution is -2.23. The number of carbonyl (C=O) groups excluding carboxylic acids is 1. The van der Waals surface area contributed by atoms with E-state index < -0.39 is 11.8 Å². The van der Waals surface area contributed by atoms with Gasteiger partial charge in [0, 0.05) is 22.1 Å². The van der Waals surface area contributed by atoms with Crippen molar-refractivity contribution in [3.8, 4) is 0 Å². The lowest BCUT2D eigenvalue weighted by molar-refractivity contribution is -0.121. The molecule has 0 saturated heterocycles. The summed E-state index contributed by atoms with van der Waals surface area (Å²) in [5.74, 6) is -0.703. The third-order valence-electron chi connectivity index (χ3n) is 5.02. The molecular formula is C23H16Cl4N2OS2. The highest BCUT2D eigenvalue weighted by Gasteiger charge is 2.32. The minimum Gasteiger partial charge on any atom is -0.298 e. The maximum Gasteiger partial charge on any atom is 0.150 e. The predicted molar refractivity (Wildman–Crippen MR) is 135 cm³/mol. The molecule has 0 aliphatic rings. The van der Waals surface area contributed by atoms with Gasteiger partial charge in [0.2, 0.25) is 0 Å². The van der Waals surface area contributed by atoms with Gasteiger partial charge in [-0.15, -0.1) is 22.7 Å². The van der Waals surface area contributed by atoms with Crippen LogP contribution >= 0.6 is 69.1 Å². The smallest absolute Gasteiger partial charge is 0.150 e. The van der Waals surface area contributed by atoms with Crippen molar-refractivity contribution >= 4 is 74.9 Å². The first kappa shape index (κ1) is 23.7. The molecular weight excluding hydrogens is 526 g/mol. The second kappa shape index (κ2) is 10.6. The molecule has 164 valence electrons. The van der Waals surface area contributed by atoms with Gasteiger partial charge in [-0.2, -0.15) is 0 Å². The SMILES string of the molecule is O=C(C(Cc1ccnc(Cl)c1)c1ccc(Cl)s1)C(Cc1ccnc(Cl)c1)c1ccc(Cl)s1. The average molecular weight is 542 g/mol. The largest absolute Gasteiger partial charge is 0.298 e. The van der Waals surface area contributed by atoms with Gasteiger partial charge in [0.25, 0.3) is 0 Å². The Balaban J connectivity index is 1.73. The van der Waals surface area contributed by atoms with E-state index >= 15 is 0 Å². The van der Waals surface area contributed by atoms with Gasteiger partial charge in [0.1, 0.15) is 16.1 Å². The number of aromatic nitrogens is 2. The molecule has 2 unspecified atom stereocenters. The van der Waals surface area contributed by atoms with E-state index in [1.54, 1.807) is 24.5 Å². The van der Waals surface area contributed by atoms with Crippen LogP contribution in [0.4, 0.5) is 0 Å². The van der Waals surface area contributed by atoms with Crippen LogP contribution in [0, 0.1) is 0 Å². The number of Topliss-reactive ketones (excluding diaryl/α,β-unsaturated/α-hetero) is 1. The van der Waals surface area contributed by atoms with Crippen molar-refractivity contribution in [1.82, 2.24) is 9.97 Å². The quantitative estimate of drug-likeness (QED) is 0.211. The van der Waals surface area contributed by atoms with E-state index in [0.717, 1.165) is 20.9 Å². The van der Waals surface area contributed by atoms with Gasteiger partial charge < -0.3 is 0 Å². The maximum atomic E-state index is 14.1. The molecule has 0 amide bonds. The molecule has 0 fully saturated rings. The highest BCUT2D eigenvalue weighted by atomic mass is 35.5. The summed E-state index contributed by atoms with van der Waals surface area (Å²) in [6.45, 7) is 0. The number of pyridine rings is 2. The Bertz CT molecular complexity index is 1150. The Morgan fingerprint density at radius 2 is 1.16 bits per heavy atom. The lowest BCUT2D eigenvalue weighted by Gasteiger charge is -2.22. The zero-order valence-corrected chi connectivity index (χ0v) is 21.1. The summed E-state index contributed by atoms with van der Waals surface area (Å²) in [5.41, 5.74) is 1.87. The molecule has 4 aromatic rings. The van der Waals surface area contributed by atoms with Gasteiger partial charge in [-0.05, 0) is 72.5 Å². The number of rotatable bonds is 8. The van der Waals surface area contributed by atoms with Gasteiger partial charge >= 0.3 is 0 Å². The molecule has 4 heterocycles. The summed E-state index contributed by atoms with van der Waals surface area (Å²) in [7, 11) is 0. The Morgan fingerprint density at radius 1 is 0.719 bits per heavy atom. The Kier molecular flexibility index (Phi) is 7.87. The van der Waals surface area contributed by atoms with E-state index in [1.807, 2.05) is 36.4 Å². The molecule has 0 saturated carbocycles. The minimum atomic E-state index is -0.394. The second-order valence-electron chi connectivity index (χ2n) is 7.17. The molecule has 32 heavy (non-hydrogen) atoms. The Morgan fingerprint density at radius 3 is 1.50 bits per heavy atom. The van der Waals surface area contributed by atoms with Crippen LogP contribution in [0.3, 0.4) is 0 Å². The standard InChI is InChI=1S/C23H16Cl4N2OS2/c24-19-11-13(5-7-28-19)9-15(17-1-3-21(26)31-17)23(30)16(18-2-4-22(27)32-18)10-14-6-8-29-20(25)12-14/h1-8,11-12,15-16H,9-10H2. The lowest BCUT2D eigenvalue weighted by atomic mass is 9.83. The van der Waals surface area contributed by atoms with Crippen LogP contribution in [0.5, 0.6) is 0 Å². The summed E-state index contributed by atoms with van der Waals surface area (Å²) in [6, 6.07) is 14.8. The van der Waals surface area contributed by atoms with Gasteiger partial charge in [0.15, 0.2) is 0 Å². The van der Waals surface area contributed by atoms with E-state index in [1.165, 1.54) is 22.7 Å². The minimum absolute atomic E-state index is 0.0860. The monoisotopic (exact) mass is 540 g/mol. The molecule has 4 aromatic heterocycles. The van der Waals surface area contributed by atoms with Crippen LogP contribution in [0.1, 0.15) is 32.7 Å². The van der Waals surface area contributed by atoms with E-state index in [2.05, 4.69) is 9.97 Å². The van der Waals surface area contributed by atoms with Crippen molar-refractivity contribution in [3.05, 3.63) is 101 Å². The van der Waals surface area contributed by atoms with Gasteiger partial charge in [0.05, 0.1) is 20.5 Å². The fourth-order valence-electron chi connectivity index (χ4n) is 3.57. The zero-order valence-electron chi connectivity index (χ0n) is 16.5. The molecule has 0 radical (unpaired) electrons. The molecule has 0 aliphatic carbocycles. The van der Waals surface area contributed by atoms with Gasteiger partial charge in [-0.25, -0.2) is 9.97 Å². The fourth-order valence-corrected chi connectivity index (χ4v) is 6.30. The van der Waals surface area contributed by atoms with Crippen molar-refractivity contribution in [2.75, 3.05) is 0 Å². The topological polar surface area (TPSA) is 42.9 Å². The molecule has 0 spiro atoms. The number of nitrogens with zero attached hydrogens (tertiary/aromatic N) is 2. The van der Waals surface area contributed by atoms with Gasteiger partial charge in [-0.3, -0.25) is 4.79 Å². The second-order valence-corrected chi connectivity index (χ2v) is 11.4. The first-order valence-electron chi connectivity index (χ1n) is 9.64. The zero-order chi connectivity index (χ0) is 22.7. The third-order valence-corrected chi connectivity index (χ3v) is 8.13. The van der Waals surface area contributed by atoms with Crippen LogP contribution in [-0.4, -0.2) is 15.8 Å². The summed E-state index contributed by atoms with van der Waals surface area (Å²) in [6.07, 6.45) is 4.28. The van der Waals surface area contributed by atoms with Crippen LogP contribution in [0.15, 0.2) is 60.9 Å². The number of ketones is 1. The summed E-state index contributed by atoms with van der Waals surface area (Å²) in [5, 5.41) is 0.789. The molecule has 9 heteroatoms. The van der Waals surface area contributed by atoms with E-state index in [0.29, 0.717) is 31.8 Å². The van der Waals surface area contributed by atoms with Crippen molar-refractivity contribution in [2.24, 2.45) is 0 Å². The molecule has 0 aliphatic heterocycles. The fraction of sp³-hybridized carbons (Fsp3) is 0.174. The molecule has 3 nitrogen and oxygen atoms in total. The third kappa shape index (κ3) is 5.90. The number of hydrogen-bond acceptors (Lipinski definition) is 5. The highest BCUT2D eigenvalue weighted by molar-refractivity contribution is 7.16. The first-order chi connectivity index (χ1) is 15.4. The molecule has 4 rings (SSSR count). The normalized spacial score (nSPS) is 13.1. The maximum absolute atomic E-state index is 14.1. The van der Waals surface area contributed by atoms with Crippen LogP contribution in [0.25, 0.3) is 0 Å². The Labute approximate surface area is 214 Å². The highest BCUT2D eigenvalue weighted by Crippen LogP contribution is 2.39. The van der Waals surface area contributed by atoms with E-state index in [9.17, 15) is 4.79 Å². The Hall–Kier alpha value is -1.47. The first-order valence-corrected chi connectivity index (χ1v) is 12.8.